The Morgan fingerprint density at radius 3 is 2.09 bits per heavy atom. The van der Waals surface area contributed by atoms with Gasteiger partial charge in [0.05, 0.1) is 4.90 Å². The van der Waals surface area contributed by atoms with Crippen molar-refractivity contribution in [1.29, 1.82) is 0 Å². The van der Waals surface area contributed by atoms with Crippen LogP contribution in [-0.2, 0) is 20.2 Å². The molecule has 1 aromatic rings. The number of primary sulfonamides is 1. The van der Waals surface area contributed by atoms with Crippen molar-refractivity contribution in [3.05, 3.63) is 23.8 Å². The van der Waals surface area contributed by atoms with Crippen molar-refractivity contribution < 1.29 is 17.9 Å². The fourth-order valence-electron chi connectivity index (χ4n) is 1.87. The van der Waals surface area contributed by atoms with E-state index >= 15 is 0 Å². The van der Waals surface area contributed by atoms with E-state index in [4.69, 9.17) is 9.88 Å². The van der Waals surface area contributed by atoms with Crippen molar-refractivity contribution in [2.75, 3.05) is 5.32 Å². The molecule has 3 N–H and O–H groups in total. The summed E-state index contributed by atoms with van der Waals surface area (Å²) in [7, 11) is -3.85. The monoisotopic (exact) mass is 328 g/mol. The molecule has 1 rings (SSSR count). The highest BCUT2D eigenvalue weighted by atomic mass is 32.2. The van der Waals surface area contributed by atoms with Gasteiger partial charge in [-0.2, -0.15) is 0 Å². The van der Waals surface area contributed by atoms with Gasteiger partial charge >= 0.3 is 6.09 Å². The van der Waals surface area contributed by atoms with E-state index in [1.54, 1.807) is 26.8 Å². The van der Waals surface area contributed by atoms with Crippen LogP contribution in [0.3, 0.4) is 0 Å². The Hall–Kier alpha value is -1.60. The molecule has 0 spiro atoms. The summed E-state index contributed by atoms with van der Waals surface area (Å²) in [5.74, 6) is 0. The molecule has 0 aliphatic rings. The lowest BCUT2D eigenvalue weighted by Crippen LogP contribution is -2.28. The number of anilines is 1. The van der Waals surface area contributed by atoms with Crippen molar-refractivity contribution in [3.8, 4) is 0 Å². The first-order valence-corrected chi connectivity index (χ1v) is 8.42. The van der Waals surface area contributed by atoms with E-state index in [2.05, 4.69) is 5.32 Å². The van der Waals surface area contributed by atoms with Gasteiger partial charge in [-0.1, -0.05) is 26.8 Å². The Morgan fingerprint density at radius 2 is 1.68 bits per heavy atom. The minimum absolute atomic E-state index is 0.0634. The number of amides is 1. The molecule has 0 atom stereocenters. The van der Waals surface area contributed by atoms with Crippen LogP contribution in [0.5, 0.6) is 0 Å². The number of carbonyl (C=O) groups is 1. The highest BCUT2D eigenvalue weighted by Gasteiger charge is 2.23. The third-order valence-electron chi connectivity index (χ3n) is 2.76. The van der Waals surface area contributed by atoms with Crippen LogP contribution in [-0.4, -0.2) is 20.1 Å². The molecule has 124 valence electrons. The van der Waals surface area contributed by atoms with E-state index in [1.165, 1.54) is 12.1 Å². The first kappa shape index (κ1) is 18.4. The van der Waals surface area contributed by atoms with E-state index in [9.17, 15) is 13.2 Å². The summed E-state index contributed by atoms with van der Waals surface area (Å²) in [6, 6.07) is 4.42. The molecule has 0 aromatic heterocycles. The maximum absolute atomic E-state index is 12.0. The average Bonchev–Trinajstić information content (AvgIpc) is 2.23. The number of benzene rings is 1. The van der Waals surface area contributed by atoms with Crippen LogP contribution in [0.15, 0.2) is 23.1 Å². The first-order chi connectivity index (χ1) is 9.70. The van der Waals surface area contributed by atoms with E-state index in [0.717, 1.165) is 5.56 Å². The minimum Gasteiger partial charge on any atom is -0.444 e. The second kappa shape index (κ2) is 5.89. The lowest BCUT2D eigenvalue weighted by atomic mass is 9.86. The highest BCUT2D eigenvalue weighted by molar-refractivity contribution is 7.89. The van der Waals surface area contributed by atoms with Gasteiger partial charge < -0.3 is 4.74 Å². The smallest absolute Gasteiger partial charge is 0.412 e. The van der Waals surface area contributed by atoms with Crippen LogP contribution in [0.25, 0.3) is 0 Å². The molecule has 0 saturated heterocycles. The number of hydrogen-bond acceptors (Lipinski definition) is 4. The summed E-state index contributed by atoms with van der Waals surface area (Å²) >= 11 is 0. The van der Waals surface area contributed by atoms with Gasteiger partial charge in [0, 0.05) is 5.69 Å². The molecule has 0 unspecified atom stereocenters. The second-order valence-electron chi connectivity index (χ2n) is 7.13. The van der Waals surface area contributed by atoms with E-state index in [-0.39, 0.29) is 10.3 Å². The molecule has 0 fully saturated rings. The van der Waals surface area contributed by atoms with Crippen molar-refractivity contribution in [2.45, 2.75) is 57.5 Å². The van der Waals surface area contributed by atoms with Crippen molar-refractivity contribution in [1.82, 2.24) is 0 Å². The number of hydrogen-bond donors (Lipinski definition) is 2. The largest absolute Gasteiger partial charge is 0.444 e. The van der Waals surface area contributed by atoms with Gasteiger partial charge in [-0.05, 0) is 43.9 Å². The van der Waals surface area contributed by atoms with Crippen molar-refractivity contribution in [3.63, 3.8) is 0 Å². The molecule has 0 heterocycles. The molecule has 0 aliphatic heterocycles. The van der Waals surface area contributed by atoms with Gasteiger partial charge in [0.1, 0.15) is 5.60 Å². The maximum Gasteiger partial charge on any atom is 0.412 e. The zero-order valence-corrected chi connectivity index (χ0v) is 14.7. The quantitative estimate of drug-likeness (QED) is 0.872. The molecule has 1 aromatic carbocycles. The molecular formula is C15H24N2O4S. The van der Waals surface area contributed by atoms with Gasteiger partial charge in [0.2, 0.25) is 10.0 Å². The van der Waals surface area contributed by atoms with E-state index < -0.39 is 21.7 Å². The molecule has 22 heavy (non-hydrogen) atoms. The zero-order valence-electron chi connectivity index (χ0n) is 13.9. The summed E-state index contributed by atoms with van der Waals surface area (Å²) in [5, 5.41) is 7.75. The lowest BCUT2D eigenvalue weighted by molar-refractivity contribution is 0.0635. The third kappa shape index (κ3) is 5.31. The predicted octanol–water partition coefficient (Wildman–Crippen LogP) is 2.98. The van der Waals surface area contributed by atoms with Crippen LogP contribution in [0.1, 0.15) is 47.1 Å². The number of rotatable bonds is 2. The summed E-state index contributed by atoms with van der Waals surface area (Å²) in [5.41, 5.74) is 0.212. The Labute approximate surface area is 132 Å². The van der Waals surface area contributed by atoms with Crippen molar-refractivity contribution in [2.24, 2.45) is 5.14 Å². The Bertz CT molecular complexity index is 668. The standard InChI is InChI=1S/C15H24N2O4S/c1-14(2,3)11-8-7-10(22(16,19)20)9-12(11)17-13(18)21-15(4,5)6/h7-9H,1-6H3,(H,17,18)(H2,16,19,20). The molecule has 1 amide bonds. The zero-order chi connectivity index (χ0) is 17.3. The van der Waals surface area contributed by atoms with Crippen LogP contribution in [0.4, 0.5) is 10.5 Å². The summed E-state index contributed by atoms with van der Waals surface area (Å²) < 4.78 is 28.2. The Balaban J connectivity index is 3.27. The number of carbonyl (C=O) groups excluding carboxylic acids is 1. The fraction of sp³-hybridized carbons (Fsp3) is 0.533. The first-order valence-electron chi connectivity index (χ1n) is 6.87. The van der Waals surface area contributed by atoms with Crippen LogP contribution >= 0.6 is 0 Å². The summed E-state index contributed by atoms with van der Waals surface area (Å²) in [6.45, 7) is 11.1. The molecule has 0 radical (unpaired) electrons. The van der Waals surface area contributed by atoms with Gasteiger partial charge in [0.25, 0.3) is 0 Å². The van der Waals surface area contributed by atoms with E-state index in [0.29, 0.717) is 5.69 Å². The summed E-state index contributed by atoms with van der Waals surface area (Å²) in [6.07, 6.45) is -0.649. The predicted molar refractivity (Wildman–Crippen MR) is 86.4 cm³/mol. The lowest BCUT2D eigenvalue weighted by Gasteiger charge is -2.25. The fourth-order valence-corrected chi connectivity index (χ4v) is 2.41. The van der Waals surface area contributed by atoms with Gasteiger partial charge in [0.15, 0.2) is 0 Å². The molecule has 7 heteroatoms. The van der Waals surface area contributed by atoms with Gasteiger partial charge in [-0.25, -0.2) is 18.4 Å². The van der Waals surface area contributed by atoms with E-state index in [1.807, 2.05) is 20.8 Å². The second-order valence-corrected chi connectivity index (χ2v) is 8.69. The SMILES string of the molecule is CC(C)(C)OC(=O)Nc1cc(S(N)(=O)=O)ccc1C(C)(C)C. The normalized spacial score (nSPS) is 12.9. The highest BCUT2D eigenvalue weighted by Crippen LogP contribution is 2.31. The summed E-state index contributed by atoms with van der Waals surface area (Å²) in [4.78, 5) is 11.9. The molecule has 6 nitrogen and oxygen atoms in total. The van der Waals surface area contributed by atoms with Crippen molar-refractivity contribution >= 4 is 21.8 Å². The third-order valence-corrected chi connectivity index (χ3v) is 3.67. The number of nitrogens with one attached hydrogen (secondary N) is 1. The van der Waals surface area contributed by atoms with Crippen LogP contribution in [0, 0.1) is 0 Å². The Kier molecular flexibility index (Phi) is 4.94. The maximum atomic E-state index is 12.0. The average molecular weight is 328 g/mol. The van der Waals surface area contributed by atoms with Crippen LogP contribution < -0.4 is 10.5 Å². The molecule has 0 aliphatic carbocycles. The molecule has 0 bridgehead atoms. The minimum atomic E-state index is -3.85. The topological polar surface area (TPSA) is 98.5 Å². The molecular weight excluding hydrogens is 304 g/mol. The number of nitrogens with two attached hydrogens (primary N) is 1. The van der Waals surface area contributed by atoms with Gasteiger partial charge in [-0.3, -0.25) is 5.32 Å². The van der Waals surface area contributed by atoms with Crippen LogP contribution in [0.2, 0.25) is 0 Å². The number of sulfonamides is 1. The molecule has 0 saturated carbocycles. The number of ether oxygens (including phenoxy) is 1. The van der Waals surface area contributed by atoms with Gasteiger partial charge in [-0.15, -0.1) is 0 Å². The Morgan fingerprint density at radius 1 is 1.14 bits per heavy atom.